The highest BCUT2D eigenvalue weighted by molar-refractivity contribution is 6.15. The molecule has 0 aliphatic carbocycles. The lowest BCUT2D eigenvalue weighted by molar-refractivity contribution is -0.142. The van der Waals surface area contributed by atoms with E-state index >= 15 is 0 Å². The van der Waals surface area contributed by atoms with Crippen LogP contribution in [0.2, 0.25) is 0 Å². The van der Waals surface area contributed by atoms with Crippen molar-refractivity contribution in [1.29, 1.82) is 0 Å². The second kappa shape index (κ2) is 5.53. The number of esters is 1. The third kappa shape index (κ3) is 2.76. The number of carbonyl (C=O) groups is 2. The topological polar surface area (TPSA) is 106 Å². The number of benzene rings is 1. The molecule has 2 N–H and O–H groups in total. The summed E-state index contributed by atoms with van der Waals surface area (Å²) in [5, 5.41) is 19.2. The van der Waals surface area contributed by atoms with Crippen LogP contribution in [0.25, 0.3) is 6.08 Å². The third-order valence-electron chi connectivity index (χ3n) is 3.16. The number of ketones is 1. The maximum atomic E-state index is 12.2. The van der Waals surface area contributed by atoms with Gasteiger partial charge in [-0.2, -0.15) is 0 Å². The molecular formula is C16H12O7. The number of aromatic hydroxyl groups is 2. The van der Waals surface area contributed by atoms with Crippen molar-refractivity contribution in [1.82, 2.24) is 0 Å². The number of phenols is 2. The van der Waals surface area contributed by atoms with Crippen LogP contribution in [-0.2, 0) is 16.1 Å². The summed E-state index contributed by atoms with van der Waals surface area (Å²) < 4.78 is 15.5. The van der Waals surface area contributed by atoms with Gasteiger partial charge in [0.1, 0.15) is 18.1 Å². The van der Waals surface area contributed by atoms with Crippen molar-refractivity contribution in [2.75, 3.05) is 0 Å². The highest BCUT2D eigenvalue weighted by Crippen LogP contribution is 2.44. The highest BCUT2D eigenvalue weighted by atomic mass is 16.5. The molecule has 0 fully saturated rings. The number of phenolic OH excluding ortho intramolecular Hbond substituents is 2. The van der Waals surface area contributed by atoms with E-state index in [2.05, 4.69) is 0 Å². The molecule has 118 valence electrons. The van der Waals surface area contributed by atoms with Gasteiger partial charge >= 0.3 is 5.97 Å². The fraction of sp³-hybridized carbons (Fsp3) is 0.125. The molecule has 0 saturated carbocycles. The molecule has 1 aliphatic heterocycles. The first kappa shape index (κ1) is 14.7. The van der Waals surface area contributed by atoms with E-state index in [4.69, 9.17) is 13.9 Å². The molecule has 1 aromatic carbocycles. The predicted octanol–water partition coefficient (Wildman–Crippen LogP) is 2.37. The Balaban J connectivity index is 1.83. The van der Waals surface area contributed by atoms with Gasteiger partial charge in [-0.25, -0.2) is 0 Å². The van der Waals surface area contributed by atoms with Gasteiger partial charge < -0.3 is 24.1 Å². The Morgan fingerprint density at radius 3 is 2.78 bits per heavy atom. The van der Waals surface area contributed by atoms with Crippen LogP contribution in [0, 0.1) is 0 Å². The number of allylic oxidation sites excluding steroid dienone is 1. The first-order valence-corrected chi connectivity index (χ1v) is 6.67. The van der Waals surface area contributed by atoms with E-state index < -0.39 is 17.5 Å². The average Bonchev–Trinajstić information content (AvgIpc) is 3.08. The number of fused-ring (bicyclic) bond motifs is 1. The van der Waals surface area contributed by atoms with Crippen LogP contribution in [0.3, 0.4) is 0 Å². The number of carbonyl (C=O) groups excluding carboxylic acids is 2. The lowest BCUT2D eigenvalue weighted by atomic mass is 10.1. The van der Waals surface area contributed by atoms with E-state index in [9.17, 15) is 19.8 Å². The van der Waals surface area contributed by atoms with Crippen molar-refractivity contribution in [3.05, 3.63) is 47.1 Å². The Bertz CT molecular complexity index is 829. The highest BCUT2D eigenvalue weighted by Gasteiger charge is 2.31. The van der Waals surface area contributed by atoms with E-state index in [0.717, 1.165) is 0 Å². The Labute approximate surface area is 130 Å². The van der Waals surface area contributed by atoms with Gasteiger partial charge in [-0.15, -0.1) is 0 Å². The second-order valence-corrected chi connectivity index (χ2v) is 4.83. The molecule has 0 bridgehead atoms. The summed E-state index contributed by atoms with van der Waals surface area (Å²) in [6, 6.07) is 5.76. The van der Waals surface area contributed by atoms with Gasteiger partial charge in [-0.1, -0.05) is 0 Å². The van der Waals surface area contributed by atoms with Gasteiger partial charge in [0.05, 0.1) is 5.56 Å². The van der Waals surface area contributed by atoms with Crippen LogP contribution in [0.5, 0.6) is 17.2 Å². The van der Waals surface area contributed by atoms with E-state index in [1.807, 2.05) is 0 Å². The van der Waals surface area contributed by atoms with E-state index in [-0.39, 0.29) is 29.4 Å². The zero-order chi connectivity index (χ0) is 16.6. The first-order valence-electron chi connectivity index (χ1n) is 6.67. The zero-order valence-electron chi connectivity index (χ0n) is 12.0. The van der Waals surface area contributed by atoms with Crippen molar-refractivity contribution < 1.29 is 33.7 Å². The molecule has 2 aromatic rings. The van der Waals surface area contributed by atoms with Gasteiger partial charge in [0, 0.05) is 13.0 Å². The quantitative estimate of drug-likeness (QED) is 0.508. The average molecular weight is 316 g/mol. The molecule has 0 spiro atoms. The first-order chi connectivity index (χ1) is 11.0. The van der Waals surface area contributed by atoms with Gasteiger partial charge in [-0.3, -0.25) is 9.59 Å². The molecule has 0 unspecified atom stereocenters. The predicted molar refractivity (Wildman–Crippen MR) is 76.9 cm³/mol. The molecule has 0 atom stereocenters. The Hall–Kier alpha value is -3.22. The van der Waals surface area contributed by atoms with Crippen LogP contribution in [0.15, 0.2) is 34.4 Å². The van der Waals surface area contributed by atoms with Crippen LogP contribution in [0.1, 0.15) is 28.8 Å². The maximum Gasteiger partial charge on any atom is 0.303 e. The van der Waals surface area contributed by atoms with Crippen molar-refractivity contribution in [2.24, 2.45) is 0 Å². The van der Waals surface area contributed by atoms with E-state index in [1.54, 1.807) is 12.1 Å². The molecule has 7 heteroatoms. The normalized spacial score (nSPS) is 14.7. The number of hydrogen-bond acceptors (Lipinski definition) is 7. The summed E-state index contributed by atoms with van der Waals surface area (Å²) in [5.41, 5.74) is 0.151. The van der Waals surface area contributed by atoms with Crippen molar-refractivity contribution in [3.63, 3.8) is 0 Å². The summed E-state index contributed by atoms with van der Waals surface area (Å²) in [7, 11) is 0. The number of ether oxygens (including phenoxy) is 2. The minimum atomic E-state index is -0.491. The maximum absolute atomic E-state index is 12.2. The van der Waals surface area contributed by atoms with Crippen LogP contribution in [-0.4, -0.2) is 22.0 Å². The minimum Gasteiger partial charge on any atom is -0.504 e. The van der Waals surface area contributed by atoms with E-state index in [0.29, 0.717) is 11.5 Å². The van der Waals surface area contributed by atoms with Crippen molar-refractivity contribution >= 4 is 17.8 Å². The fourth-order valence-corrected chi connectivity index (χ4v) is 2.08. The minimum absolute atomic E-state index is 0.0117. The molecule has 3 rings (SSSR count). The molecule has 1 aliphatic rings. The standard InChI is InChI=1S/C16H12O7/c1-8(17)21-7-10-3-2-9(22-10)6-13-14(19)11-4-5-12(18)15(20)16(11)23-13/h2-6,18,20H,7H2,1H3. The Morgan fingerprint density at radius 1 is 1.26 bits per heavy atom. The molecule has 0 radical (unpaired) electrons. The number of rotatable bonds is 3. The third-order valence-corrected chi connectivity index (χ3v) is 3.16. The summed E-state index contributed by atoms with van der Waals surface area (Å²) in [6.07, 6.45) is 1.36. The summed E-state index contributed by atoms with van der Waals surface area (Å²) >= 11 is 0. The second-order valence-electron chi connectivity index (χ2n) is 4.83. The number of hydrogen-bond donors (Lipinski definition) is 2. The van der Waals surface area contributed by atoms with Crippen molar-refractivity contribution in [2.45, 2.75) is 13.5 Å². The fourth-order valence-electron chi connectivity index (χ4n) is 2.08. The van der Waals surface area contributed by atoms with Gasteiger partial charge in [0.25, 0.3) is 0 Å². The smallest absolute Gasteiger partial charge is 0.303 e. The number of furan rings is 1. The lowest BCUT2D eigenvalue weighted by Crippen LogP contribution is -1.98. The van der Waals surface area contributed by atoms with Crippen molar-refractivity contribution in [3.8, 4) is 17.2 Å². The van der Waals surface area contributed by atoms with Crippen LogP contribution >= 0.6 is 0 Å². The molecule has 0 amide bonds. The monoisotopic (exact) mass is 316 g/mol. The SMILES string of the molecule is CC(=O)OCc1ccc(C=C2Oc3c(ccc(O)c3O)C2=O)o1. The molecule has 1 aromatic heterocycles. The summed E-state index contributed by atoms with van der Waals surface area (Å²) in [4.78, 5) is 22.9. The summed E-state index contributed by atoms with van der Waals surface area (Å²) in [5.74, 6) is -1.13. The van der Waals surface area contributed by atoms with Gasteiger partial charge in [-0.05, 0) is 24.3 Å². The van der Waals surface area contributed by atoms with E-state index in [1.165, 1.54) is 25.1 Å². The van der Waals surface area contributed by atoms with Gasteiger partial charge in [0.2, 0.25) is 11.5 Å². The molecular weight excluding hydrogens is 304 g/mol. The van der Waals surface area contributed by atoms with Gasteiger partial charge in [0.15, 0.2) is 17.3 Å². The number of Topliss-reactive ketones (excluding diaryl/α,β-unsaturated/α-hetero) is 1. The largest absolute Gasteiger partial charge is 0.504 e. The zero-order valence-corrected chi connectivity index (χ0v) is 12.0. The molecule has 23 heavy (non-hydrogen) atoms. The molecule has 0 saturated heterocycles. The molecule has 7 nitrogen and oxygen atoms in total. The Morgan fingerprint density at radius 2 is 2.04 bits per heavy atom. The van der Waals surface area contributed by atoms with Crippen LogP contribution < -0.4 is 4.74 Å². The Kier molecular flexibility index (Phi) is 3.53. The summed E-state index contributed by atoms with van der Waals surface area (Å²) in [6.45, 7) is 1.28. The molecule has 2 heterocycles. The lowest BCUT2D eigenvalue weighted by Gasteiger charge is -2.02. The van der Waals surface area contributed by atoms with Crippen LogP contribution in [0.4, 0.5) is 0 Å².